The monoisotopic (exact) mass is 288 g/mol. The number of nitrogens with one attached hydrogen (secondary N) is 1. The highest BCUT2D eigenvalue weighted by Gasteiger charge is 2.10. The summed E-state index contributed by atoms with van der Waals surface area (Å²) < 4.78 is 0. The zero-order valence-corrected chi connectivity index (χ0v) is 12.6. The second-order valence-electron chi connectivity index (χ2n) is 4.86. The van der Waals surface area contributed by atoms with Crippen LogP contribution in [-0.2, 0) is 6.54 Å². The minimum absolute atomic E-state index is 0.627. The van der Waals surface area contributed by atoms with E-state index in [0.717, 1.165) is 12.2 Å². The second kappa shape index (κ2) is 7.93. The van der Waals surface area contributed by atoms with Gasteiger partial charge in [0.15, 0.2) is 11.4 Å². The minimum atomic E-state index is 0.627. The van der Waals surface area contributed by atoms with E-state index >= 15 is 0 Å². The number of likely N-dealkylation sites (tertiary alicyclic amines) is 1. The van der Waals surface area contributed by atoms with Gasteiger partial charge in [-0.25, -0.2) is 4.99 Å². The highest BCUT2D eigenvalue weighted by Crippen LogP contribution is 2.19. The van der Waals surface area contributed by atoms with Crippen molar-refractivity contribution in [2.24, 2.45) is 4.99 Å². The fourth-order valence-corrected chi connectivity index (χ4v) is 2.73. The van der Waals surface area contributed by atoms with Gasteiger partial charge in [-0.2, -0.15) is 5.26 Å². The van der Waals surface area contributed by atoms with Gasteiger partial charge in [0.25, 0.3) is 0 Å². The van der Waals surface area contributed by atoms with E-state index < -0.39 is 0 Å². The molecule has 0 atom stereocenters. The fourth-order valence-electron chi connectivity index (χ4n) is 2.39. The van der Waals surface area contributed by atoms with E-state index in [1.165, 1.54) is 49.7 Å². The molecule has 1 aromatic carbocycles. The fraction of sp³-hybridized carbons (Fsp3) is 0.467. The summed E-state index contributed by atoms with van der Waals surface area (Å²) >= 11 is 1.44. The second-order valence-corrected chi connectivity index (χ2v) is 5.66. The Morgan fingerprint density at radius 3 is 2.90 bits per heavy atom. The Kier molecular flexibility index (Phi) is 5.90. The number of nitrogens with zero attached hydrogens (tertiary/aromatic N) is 3. The number of amidine groups is 1. The molecule has 1 heterocycles. The first-order valence-corrected chi connectivity index (χ1v) is 8.13. The molecule has 106 valence electrons. The van der Waals surface area contributed by atoms with E-state index in [1.54, 1.807) is 0 Å². The first kappa shape index (κ1) is 14.9. The maximum Gasteiger partial charge on any atom is 0.183 e. The number of hydrogen-bond donors (Lipinski definition) is 1. The van der Waals surface area contributed by atoms with Gasteiger partial charge < -0.3 is 0 Å². The predicted octanol–water partition coefficient (Wildman–Crippen LogP) is 3.09. The maximum absolute atomic E-state index is 8.65. The third kappa shape index (κ3) is 4.55. The summed E-state index contributed by atoms with van der Waals surface area (Å²) in [4.78, 5) is 6.94. The molecule has 0 saturated carbocycles. The van der Waals surface area contributed by atoms with Gasteiger partial charge in [0.05, 0.1) is 5.69 Å². The molecule has 1 N–H and O–H groups in total. The molecule has 1 aliphatic heterocycles. The zero-order chi connectivity index (χ0) is 14.2. The van der Waals surface area contributed by atoms with Gasteiger partial charge in [-0.1, -0.05) is 30.3 Å². The zero-order valence-electron chi connectivity index (χ0n) is 11.8. The van der Waals surface area contributed by atoms with Crippen LogP contribution < -0.4 is 5.32 Å². The molecule has 0 bridgehead atoms. The summed E-state index contributed by atoms with van der Waals surface area (Å²) in [6, 6.07) is 8.24. The SMILES string of the molecule is CSC(=Nc1cccc(CN2CCCCC2)c1)NC#N. The topological polar surface area (TPSA) is 51.4 Å². The number of hydrogen-bond acceptors (Lipinski definition) is 4. The van der Waals surface area contributed by atoms with Crippen molar-refractivity contribution in [2.75, 3.05) is 19.3 Å². The van der Waals surface area contributed by atoms with Gasteiger partial charge >= 0.3 is 0 Å². The van der Waals surface area contributed by atoms with E-state index in [9.17, 15) is 0 Å². The van der Waals surface area contributed by atoms with Crippen LogP contribution in [0.2, 0.25) is 0 Å². The van der Waals surface area contributed by atoms with Crippen LogP contribution in [0, 0.1) is 11.5 Å². The molecule has 1 aliphatic rings. The first-order valence-electron chi connectivity index (χ1n) is 6.91. The lowest BCUT2D eigenvalue weighted by molar-refractivity contribution is 0.221. The molecule has 2 rings (SSSR count). The summed E-state index contributed by atoms with van der Waals surface area (Å²) in [5.41, 5.74) is 2.18. The van der Waals surface area contributed by atoms with E-state index in [1.807, 2.05) is 24.6 Å². The van der Waals surface area contributed by atoms with E-state index in [4.69, 9.17) is 5.26 Å². The summed E-state index contributed by atoms with van der Waals surface area (Å²) in [6.45, 7) is 3.38. The van der Waals surface area contributed by atoms with Gasteiger partial charge in [-0.05, 0) is 49.9 Å². The van der Waals surface area contributed by atoms with Crippen LogP contribution in [0.3, 0.4) is 0 Å². The van der Waals surface area contributed by atoms with Crippen LogP contribution in [0.5, 0.6) is 0 Å². The summed E-state index contributed by atoms with van der Waals surface area (Å²) in [7, 11) is 0. The van der Waals surface area contributed by atoms with Crippen LogP contribution in [0.1, 0.15) is 24.8 Å². The van der Waals surface area contributed by atoms with E-state index in [0.29, 0.717) is 5.17 Å². The van der Waals surface area contributed by atoms with Crippen LogP contribution in [0.25, 0.3) is 0 Å². The molecule has 0 aliphatic carbocycles. The molecule has 5 heteroatoms. The smallest absolute Gasteiger partial charge is 0.183 e. The molecule has 20 heavy (non-hydrogen) atoms. The Labute approximate surface area is 124 Å². The summed E-state index contributed by atoms with van der Waals surface area (Å²) in [5, 5.41) is 11.9. The van der Waals surface area contributed by atoms with Gasteiger partial charge in [0, 0.05) is 6.54 Å². The quantitative estimate of drug-likeness (QED) is 0.402. The Morgan fingerprint density at radius 2 is 2.20 bits per heavy atom. The van der Waals surface area contributed by atoms with Crippen LogP contribution in [-0.4, -0.2) is 29.4 Å². The van der Waals surface area contributed by atoms with Crippen molar-refractivity contribution in [2.45, 2.75) is 25.8 Å². The third-order valence-corrected chi connectivity index (χ3v) is 3.93. The van der Waals surface area contributed by atoms with Crippen LogP contribution in [0.4, 0.5) is 5.69 Å². The van der Waals surface area contributed by atoms with E-state index in [2.05, 4.69) is 27.3 Å². The third-order valence-electron chi connectivity index (χ3n) is 3.35. The first-order chi connectivity index (χ1) is 9.81. The number of nitriles is 1. The molecule has 0 spiro atoms. The van der Waals surface area contributed by atoms with Crippen molar-refractivity contribution in [3.63, 3.8) is 0 Å². The molecule has 1 aromatic rings. The minimum Gasteiger partial charge on any atom is -0.299 e. The summed E-state index contributed by atoms with van der Waals surface area (Å²) in [6.07, 6.45) is 7.78. The van der Waals surface area contributed by atoms with Crippen molar-refractivity contribution in [1.82, 2.24) is 10.2 Å². The number of rotatable bonds is 3. The maximum atomic E-state index is 8.65. The van der Waals surface area contributed by atoms with Crippen molar-refractivity contribution in [1.29, 1.82) is 5.26 Å². The average molecular weight is 288 g/mol. The van der Waals surface area contributed by atoms with Gasteiger partial charge in [-0.15, -0.1) is 0 Å². The molecule has 1 saturated heterocycles. The average Bonchev–Trinajstić information content (AvgIpc) is 2.48. The van der Waals surface area contributed by atoms with Crippen molar-refractivity contribution >= 4 is 22.6 Å². The van der Waals surface area contributed by atoms with E-state index in [-0.39, 0.29) is 0 Å². The van der Waals surface area contributed by atoms with Crippen LogP contribution >= 0.6 is 11.8 Å². The highest BCUT2D eigenvalue weighted by molar-refractivity contribution is 8.13. The standard InChI is InChI=1S/C15H20N4S/c1-20-15(17-12-16)18-14-7-5-6-13(10-14)11-19-8-3-2-4-9-19/h5-7,10H,2-4,8-9,11H2,1H3,(H,17,18). The molecule has 1 fully saturated rings. The molecule has 0 unspecified atom stereocenters. The molecular weight excluding hydrogens is 268 g/mol. The van der Waals surface area contributed by atoms with Gasteiger partial charge in [-0.3, -0.25) is 10.2 Å². The van der Waals surface area contributed by atoms with Gasteiger partial charge in [0.1, 0.15) is 0 Å². The Balaban J connectivity index is 2.05. The van der Waals surface area contributed by atoms with Crippen molar-refractivity contribution in [3.05, 3.63) is 29.8 Å². The molecular formula is C15H20N4S. The molecule has 4 nitrogen and oxygen atoms in total. The normalized spacial score (nSPS) is 16.7. The summed E-state index contributed by atoms with van der Waals surface area (Å²) in [5.74, 6) is 0. The highest BCUT2D eigenvalue weighted by atomic mass is 32.2. The number of benzene rings is 1. The predicted molar refractivity (Wildman–Crippen MR) is 84.9 cm³/mol. The lowest BCUT2D eigenvalue weighted by Crippen LogP contribution is -2.29. The molecule has 0 amide bonds. The largest absolute Gasteiger partial charge is 0.299 e. The Hall–Kier alpha value is -1.51. The lowest BCUT2D eigenvalue weighted by Gasteiger charge is -2.26. The number of piperidine rings is 1. The van der Waals surface area contributed by atoms with Crippen LogP contribution in [0.15, 0.2) is 29.3 Å². The van der Waals surface area contributed by atoms with Gasteiger partial charge in [0.2, 0.25) is 0 Å². The number of thioether (sulfide) groups is 1. The van der Waals surface area contributed by atoms with Crippen molar-refractivity contribution in [3.8, 4) is 6.19 Å². The Bertz CT molecular complexity index is 501. The lowest BCUT2D eigenvalue weighted by atomic mass is 10.1. The number of aliphatic imine (C=N–C) groups is 1. The molecule has 0 radical (unpaired) electrons. The molecule has 0 aromatic heterocycles. The van der Waals surface area contributed by atoms with Crippen molar-refractivity contribution < 1.29 is 0 Å². The Morgan fingerprint density at radius 1 is 1.40 bits per heavy atom.